The third-order valence-electron chi connectivity index (χ3n) is 6.18. The Morgan fingerprint density at radius 2 is 2.00 bits per heavy atom. The van der Waals surface area contributed by atoms with Gasteiger partial charge in [-0.2, -0.15) is 4.98 Å². The third-order valence-corrected chi connectivity index (χ3v) is 6.94. The van der Waals surface area contributed by atoms with Crippen molar-refractivity contribution < 1.29 is 9.53 Å². The molecule has 10 nitrogen and oxygen atoms in total. The highest BCUT2D eigenvalue weighted by Crippen LogP contribution is 2.36. The maximum atomic E-state index is 12.4. The van der Waals surface area contributed by atoms with Crippen LogP contribution in [0.1, 0.15) is 6.92 Å². The summed E-state index contributed by atoms with van der Waals surface area (Å²) in [7, 11) is 1.60. The van der Waals surface area contributed by atoms with Crippen LogP contribution in [0.2, 0.25) is 0 Å². The number of pyridine rings is 2. The molecule has 0 atom stereocenters. The first kappa shape index (κ1) is 22.5. The van der Waals surface area contributed by atoms with Crippen molar-refractivity contribution in [2.75, 3.05) is 58.2 Å². The maximum Gasteiger partial charge on any atom is 0.320 e. The fraction of sp³-hybridized carbons (Fsp3) is 0.391. The molecule has 2 amide bonds. The van der Waals surface area contributed by atoms with Gasteiger partial charge in [-0.05, 0) is 24.7 Å². The Labute approximate surface area is 201 Å². The number of amides is 2. The Morgan fingerprint density at radius 3 is 2.79 bits per heavy atom. The number of carbonyl (C=O) groups is 1. The predicted molar refractivity (Wildman–Crippen MR) is 135 cm³/mol. The van der Waals surface area contributed by atoms with E-state index in [4.69, 9.17) is 4.74 Å². The smallest absolute Gasteiger partial charge is 0.320 e. The maximum absolute atomic E-state index is 12.4. The Bertz CT molecular complexity index is 1290. The number of hydrogen-bond donors (Lipinski definition) is 3. The summed E-state index contributed by atoms with van der Waals surface area (Å²) in [5.74, 6) is 0.995. The number of urea groups is 1. The lowest BCUT2D eigenvalue weighted by atomic mass is 10.1. The summed E-state index contributed by atoms with van der Waals surface area (Å²) in [4.78, 5) is 33.7. The second kappa shape index (κ2) is 9.92. The van der Waals surface area contributed by atoms with Crippen LogP contribution in [0.5, 0.6) is 5.88 Å². The van der Waals surface area contributed by atoms with Crippen LogP contribution >= 0.6 is 11.3 Å². The van der Waals surface area contributed by atoms with Crippen LogP contribution in [0.15, 0.2) is 29.9 Å². The van der Waals surface area contributed by atoms with E-state index in [9.17, 15) is 4.79 Å². The Kier molecular flexibility index (Phi) is 6.57. The minimum Gasteiger partial charge on any atom is -0.480 e. The fourth-order valence-corrected chi connectivity index (χ4v) is 4.90. The molecule has 178 valence electrons. The molecule has 3 N–H and O–H groups in total. The number of piperazine rings is 1. The van der Waals surface area contributed by atoms with Crippen LogP contribution in [0, 0.1) is 0 Å². The van der Waals surface area contributed by atoms with E-state index < -0.39 is 0 Å². The number of fused-ring (bicyclic) bond motifs is 2. The molecule has 0 aromatic carbocycles. The number of carbonyl (C=O) groups excluding carboxylic acids is 1. The van der Waals surface area contributed by atoms with E-state index in [1.807, 2.05) is 18.3 Å². The predicted octanol–water partition coefficient (Wildman–Crippen LogP) is 3.00. The highest BCUT2D eigenvalue weighted by Gasteiger charge is 2.17. The van der Waals surface area contributed by atoms with Crippen molar-refractivity contribution in [3.05, 3.63) is 29.9 Å². The number of methoxy groups -OCH3 is 1. The fourth-order valence-electron chi connectivity index (χ4n) is 4.24. The number of aromatic nitrogens is 4. The van der Waals surface area contributed by atoms with Crippen molar-refractivity contribution >= 4 is 44.6 Å². The summed E-state index contributed by atoms with van der Waals surface area (Å²) in [6.07, 6.45) is 1.88. The van der Waals surface area contributed by atoms with E-state index >= 15 is 0 Å². The summed E-state index contributed by atoms with van der Waals surface area (Å²) >= 11 is 1.53. The second-order valence-electron chi connectivity index (χ2n) is 8.17. The van der Waals surface area contributed by atoms with Gasteiger partial charge in [0.15, 0.2) is 5.65 Å². The van der Waals surface area contributed by atoms with Gasteiger partial charge in [-0.1, -0.05) is 6.92 Å². The third kappa shape index (κ3) is 4.67. The summed E-state index contributed by atoms with van der Waals surface area (Å²) < 4.78 is 6.50. The molecule has 0 spiro atoms. The number of thiazole rings is 1. The van der Waals surface area contributed by atoms with Crippen LogP contribution in [0.3, 0.4) is 0 Å². The van der Waals surface area contributed by atoms with E-state index in [0.717, 1.165) is 60.5 Å². The van der Waals surface area contributed by atoms with Gasteiger partial charge in [0, 0.05) is 62.0 Å². The average molecular weight is 481 g/mol. The Morgan fingerprint density at radius 1 is 1.18 bits per heavy atom. The largest absolute Gasteiger partial charge is 0.480 e. The molecule has 1 fully saturated rings. The van der Waals surface area contributed by atoms with Crippen LogP contribution < -0.4 is 15.4 Å². The lowest BCUT2D eigenvalue weighted by Gasteiger charge is -2.33. The molecule has 5 rings (SSSR count). The van der Waals surface area contributed by atoms with Gasteiger partial charge in [0.05, 0.1) is 17.3 Å². The van der Waals surface area contributed by atoms with Gasteiger partial charge in [-0.25, -0.2) is 14.8 Å². The first-order valence-electron chi connectivity index (χ1n) is 11.4. The second-order valence-corrected chi connectivity index (χ2v) is 9.06. The topological polar surface area (TPSA) is 111 Å². The molecule has 0 aliphatic carbocycles. The molecular weight excluding hydrogens is 452 g/mol. The van der Waals surface area contributed by atoms with E-state index in [-0.39, 0.29) is 6.03 Å². The van der Waals surface area contributed by atoms with Crippen molar-refractivity contribution in [2.45, 2.75) is 6.92 Å². The molecule has 34 heavy (non-hydrogen) atoms. The quantitative estimate of drug-likeness (QED) is 0.373. The zero-order valence-electron chi connectivity index (χ0n) is 19.3. The van der Waals surface area contributed by atoms with E-state index in [1.54, 1.807) is 18.7 Å². The summed E-state index contributed by atoms with van der Waals surface area (Å²) in [6, 6.07) is 5.51. The SMILES string of the molecule is CCN1CCN(CCNC(=O)Nc2ccc3c(-c4cc5scnc5nc4OC)c[nH]c3n2)CC1. The van der Waals surface area contributed by atoms with Crippen LogP contribution in [0.25, 0.3) is 32.5 Å². The molecule has 0 radical (unpaired) electrons. The first-order valence-corrected chi connectivity index (χ1v) is 12.3. The van der Waals surface area contributed by atoms with E-state index in [0.29, 0.717) is 29.5 Å². The Balaban J connectivity index is 1.23. The molecule has 0 unspecified atom stereocenters. The zero-order chi connectivity index (χ0) is 23.5. The van der Waals surface area contributed by atoms with Crippen molar-refractivity contribution in [3.8, 4) is 17.0 Å². The number of nitrogens with zero attached hydrogens (tertiary/aromatic N) is 5. The Hall–Kier alpha value is -3.28. The highest BCUT2D eigenvalue weighted by atomic mass is 32.1. The van der Waals surface area contributed by atoms with Crippen molar-refractivity contribution in [1.29, 1.82) is 0 Å². The molecule has 4 aromatic heterocycles. The van der Waals surface area contributed by atoms with Crippen molar-refractivity contribution in [2.24, 2.45) is 0 Å². The van der Waals surface area contributed by atoms with Gasteiger partial charge in [-0.3, -0.25) is 10.2 Å². The van der Waals surface area contributed by atoms with Crippen LogP contribution in [-0.2, 0) is 0 Å². The normalized spacial score (nSPS) is 15.1. The molecule has 0 bridgehead atoms. The lowest BCUT2D eigenvalue weighted by molar-refractivity contribution is 0.138. The van der Waals surface area contributed by atoms with Crippen LogP contribution in [0.4, 0.5) is 10.6 Å². The number of hydrogen-bond acceptors (Lipinski definition) is 8. The number of anilines is 1. The monoisotopic (exact) mass is 480 g/mol. The molecule has 11 heteroatoms. The minimum absolute atomic E-state index is 0.257. The number of rotatable bonds is 7. The van der Waals surface area contributed by atoms with Gasteiger partial charge in [-0.15, -0.1) is 11.3 Å². The van der Waals surface area contributed by atoms with Gasteiger partial charge in [0.1, 0.15) is 11.5 Å². The number of nitrogens with one attached hydrogen (secondary N) is 3. The molecule has 0 saturated carbocycles. The van der Waals surface area contributed by atoms with Gasteiger partial charge < -0.3 is 19.9 Å². The number of H-pyrrole nitrogens is 1. The van der Waals surface area contributed by atoms with Gasteiger partial charge in [0.2, 0.25) is 5.88 Å². The molecule has 5 heterocycles. The van der Waals surface area contributed by atoms with E-state index in [1.165, 1.54) is 11.3 Å². The molecule has 4 aromatic rings. The number of likely N-dealkylation sites (N-methyl/N-ethyl adjacent to an activating group) is 1. The molecule has 1 aliphatic rings. The van der Waals surface area contributed by atoms with Gasteiger partial charge >= 0.3 is 6.03 Å². The number of ether oxygens (including phenoxy) is 1. The van der Waals surface area contributed by atoms with Gasteiger partial charge in [0.25, 0.3) is 0 Å². The summed E-state index contributed by atoms with van der Waals surface area (Å²) in [5.41, 5.74) is 4.91. The summed E-state index contributed by atoms with van der Waals surface area (Å²) in [5, 5.41) is 6.67. The highest BCUT2D eigenvalue weighted by molar-refractivity contribution is 7.16. The average Bonchev–Trinajstić information content (AvgIpc) is 3.49. The molecular formula is C23H28N8O2S. The standard InChI is InChI=1S/C23H28N8O2S/c1-3-30-8-10-31(11-9-30)7-6-24-23(32)28-19-5-4-15-17(13-25-20(15)27-19)16-12-18-21(26-14-34-18)29-22(16)33-2/h4-5,12-14H,3,6-11H2,1-2H3,(H3,24,25,27,28,32). The van der Waals surface area contributed by atoms with Crippen molar-refractivity contribution in [1.82, 2.24) is 35.1 Å². The lowest BCUT2D eigenvalue weighted by Crippen LogP contribution is -2.48. The molecule has 1 saturated heterocycles. The molecule has 1 aliphatic heterocycles. The summed E-state index contributed by atoms with van der Waals surface area (Å²) in [6.45, 7) is 8.99. The van der Waals surface area contributed by atoms with Crippen molar-refractivity contribution in [3.63, 3.8) is 0 Å². The number of aromatic amines is 1. The van der Waals surface area contributed by atoms with E-state index in [2.05, 4.69) is 47.3 Å². The van der Waals surface area contributed by atoms with Crippen LogP contribution in [-0.4, -0.2) is 88.7 Å². The minimum atomic E-state index is -0.257. The zero-order valence-corrected chi connectivity index (χ0v) is 20.1. The first-order chi connectivity index (χ1) is 16.6.